The summed E-state index contributed by atoms with van der Waals surface area (Å²) in [4.78, 5) is 21.7. The van der Waals surface area contributed by atoms with Gasteiger partial charge in [0.15, 0.2) is 0 Å². The second kappa shape index (κ2) is 8.95. The Balaban J connectivity index is 1.21. The van der Waals surface area contributed by atoms with Gasteiger partial charge in [-0.2, -0.15) is 0 Å². The smallest absolute Gasteiger partial charge is 0.234 e. The molecule has 1 aliphatic carbocycles. The SMILES string of the molecule is O=C(CN1CCN(Cc2csc(-c3ccccc3)n2)CC1)NC1CCCC1. The summed E-state index contributed by atoms with van der Waals surface area (Å²) in [5.41, 5.74) is 2.33. The maximum atomic E-state index is 12.2. The Morgan fingerprint density at radius 1 is 1.07 bits per heavy atom. The molecule has 4 rings (SSSR count). The molecule has 1 aromatic heterocycles. The number of piperazine rings is 1. The molecule has 2 heterocycles. The number of rotatable bonds is 6. The second-order valence-electron chi connectivity index (χ2n) is 7.61. The Morgan fingerprint density at radius 2 is 1.78 bits per heavy atom. The highest BCUT2D eigenvalue weighted by Crippen LogP contribution is 2.24. The minimum atomic E-state index is 0.197. The van der Waals surface area contributed by atoms with Crippen molar-refractivity contribution in [3.05, 3.63) is 41.4 Å². The quantitative estimate of drug-likeness (QED) is 0.832. The lowest BCUT2D eigenvalue weighted by atomic mass is 10.2. The molecule has 0 bridgehead atoms. The van der Waals surface area contributed by atoms with Gasteiger partial charge in [-0.25, -0.2) is 4.98 Å². The van der Waals surface area contributed by atoms with Gasteiger partial charge in [0, 0.05) is 49.7 Å². The molecule has 6 heteroatoms. The van der Waals surface area contributed by atoms with E-state index in [0.717, 1.165) is 56.3 Å². The lowest BCUT2D eigenvalue weighted by molar-refractivity contribution is -0.123. The highest BCUT2D eigenvalue weighted by molar-refractivity contribution is 7.13. The number of benzene rings is 1. The van der Waals surface area contributed by atoms with Crippen LogP contribution in [-0.4, -0.2) is 59.5 Å². The van der Waals surface area contributed by atoms with Gasteiger partial charge in [0.05, 0.1) is 12.2 Å². The maximum absolute atomic E-state index is 12.2. The minimum absolute atomic E-state index is 0.197. The average molecular weight is 385 g/mol. The molecule has 0 unspecified atom stereocenters. The molecule has 1 saturated heterocycles. The van der Waals surface area contributed by atoms with E-state index in [1.54, 1.807) is 11.3 Å². The molecule has 2 aromatic rings. The normalized spacial score (nSPS) is 19.4. The molecule has 0 atom stereocenters. The molecule has 27 heavy (non-hydrogen) atoms. The Bertz CT molecular complexity index is 734. The zero-order valence-corrected chi connectivity index (χ0v) is 16.6. The lowest BCUT2D eigenvalue weighted by Gasteiger charge is -2.34. The zero-order chi connectivity index (χ0) is 18.5. The fourth-order valence-corrected chi connectivity index (χ4v) is 4.79. The Labute approximate surface area is 165 Å². The predicted octanol–water partition coefficient (Wildman–Crippen LogP) is 2.99. The van der Waals surface area contributed by atoms with Gasteiger partial charge in [-0.1, -0.05) is 43.2 Å². The summed E-state index contributed by atoms with van der Waals surface area (Å²) in [6, 6.07) is 10.8. The molecule has 1 amide bonds. The summed E-state index contributed by atoms with van der Waals surface area (Å²) >= 11 is 1.71. The van der Waals surface area contributed by atoms with E-state index >= 15 is 0 Å². The van der Waals surface area contributed by atoms with E-state index in [9.17, 15) is 4.79 Å². The molecule has 144 valence electrons. The second-order valence-corrected chi connectivity index (χ2v) is 8.47. The zero-order valence-electron chi connectivity index (χ0n) is 15.8. The van der Waals surface area contributed by atoms with Gasteiger partial charge in [0.25, 0.3) is 0 Å². The molecule has 0 radical (unpaired) electrons. The molecule has 1 aliphatic heterocycles. The van der Waals surface area contributed by atoms with Crippen LogP contribution in [-0.2, 0) is 11.3 Å². The first-order valence-corrected chi connectivity index (χ1v) is 10.9. The molecule has 1 aromatic carbocycles. The van der Waals surface area contributed by atoms with Crippen LogP contribution in [0, 0.1) is 0 Å². The van der Waals surface area contributed by atoms with Crippen molar-refractivity contribution < 1.29 is 4.79 Å². The van der Waals surface area contributed by atoms with Gasteiger partial charge >= 0.3 is 0 Å². The summed E-state index contributed by atoms with van der Waals surface area (Å²) in [5, 5.41) is 6.45. The van der Waals surface area contributed by atoms with Crippen LogP contribution in [0.1, 0.15) is 31.4 Å². The number of thiazole rings is 1. The number of carbonyl (C=O) groups is 1. The van der Waals surface area contributed by atoms with Crippen LogP contribution in [0.25, 0.3) is 10.6 Å². The maximum Gasteiger partial charge on any atom is 0.234 e. The predicted molar refractivity (Wildman–Crippen MR) is 110 cm³/mol. The lowest BCUT2D eigenvalue weighted by Crippen LogP contribution is -2.50. The molecule has 5 nitrogen and oxygen atoms in total. The third-order valence-corrected chi connectivity index (χ3v) is 6.45. The van der Waals surface area contributed by atoms with Crippen molar-refractivity contribution in [3.8, 4) is 10.6 Å². The topological polar surface area (TPSA) is 48.5 Å². The van der Waals surface area contributed by atoms with Gasteiger partial charge in [0.2, 0.25) is 5.91 Å². The van der Waals surface area contributed by atoms with Crippen LogP contribution < -0.4 is 5.32 Å². The fourth-order valence-electron chi connectivity index (χ4n) is 3.97. The standard InChI is InChI=1S/C21H28N4OS/c26-20(22-18-8-4-5-9-18)15-25-12-10-24(11-13-25)14-19-16-27-21(23-19)17-6-2-1-3-7-17/h1-3,6-7,16,18H,4-5,8-15H2,(H,22,26). The van der Waals surface area contributed by atoms with Crippen molar-refractivity contribution in [2.75, 3.05) is 32.7 Å². The van der Waals surface area contributed by atoms with Crippen molar-refractivity contribution >= 4 is 17.2 Å². The van der Waals surface area contributed by atoms with Crippen LogP contribution in [0.2, 0.25) is 0 Å². The average Bonchev–Trinajstić information content (AvgIpc) is 3.36. The van der Waals surface area contributed by atoms with Crippen LogP contribution in [0.15, 0.2) is 35.7 Å². The number of hydrogen-bond donors (Lipinski definition) is 1. The van der Waals surface area contributed by atoms with Crippen molar-refractivity contribution in [1.29, 1.82) is 0 Å². The van der Waals surface area contributed by atoms with Crippen LogP contribution in [0.3, 0.4) is 0 Å². The van der Waals surface area contributed by atoms with E-state index in [1.165, 1.54) is 18.4 Å². The number of carbonyl (C=O) groups excluding carboxylic acids is 1. The molecular formula is C21H28N4OS. The highest BCUT2D eigenvalue weighted by atomic mass is 32.1. The molecule has 1 N–H and O–H groups in total. The largest absolute Gasteiger partial charge is 0.352 e. The number of nitrogens with zero attached hydrogens (tertiary/aromatic N) is 3. The number of hydrogen-bond acceptors (Lipinski definition) is 5. The van der Waals surface area contributed by atoms with Crippen LogP contribution in [0.5, 0.6) is 0 Å². The van der Waals surface area contributed by atoms with Crippen molar-refractivity contribution in [1.82, 2.24) is 20.1 Å². The van der Waals surface area contributed by atoms with Gasteiger partial charge in [-0.15, -0.1) is 11.3 Å². The summed E-state index contributed by atoms with van der Waals surface area (Å²) in [6.45, 7) is 5.33. The highest BCUT2D eigenvalue weighted by Gasteiger charge is 2.22. The van der Waals surface area contributed by atoms with Crippen molar-refractivity contribution in [2.45, 2.75) is 38.3 Å². The minimum Gasteiger partial charge on any atom is -0.352 e. The first-order valence-electron chi connectivity index (χ1n) is 10.0. The van der Waals surface area contributed by atoms with E-state index in [0.29, 0.717) is 12.6 Å². The Morgan fingerprint density at radius 3 is 2.52 bits per heavy atom. The number of amides is 1. The van der Waals surface area contributed by atoms with E-state index in [4.69, 9.17) is 4.98 Å². The van der Waals surface area contributed by atoms with Crippen molar-refractivity contribution in [2.24, 2.45) is 0 Å². The summed E-state index contributed by atoms with van der Waals surface area (Å²) in [7, 11) is 0. The summed E-state index contributed by atoms with van der Waals surface area (Å²) in [5.74, 6) is 0.197. The van der Waals surface area contributed by atoms with Gasteiger partial charge in [-0.05, 0) is 12.8 Å². The third kappa shape index (κ3) is 5.15. The Hall–Kier alpha value is -1.76. The van der Waals surface area contributed by atoms with Gasteiger partial charge in [-0.3, -0.25) is 14.6 Å². The first-order chi connectivity index (χ1) is 13.3. The monoisotopic (exact) mass is 384 g/mol. The van der Waals surface area contributed by atoms with Gasteiger partial charge < -0.3 is 5.32 Å². The van der Waals surface area contributed by atoms with E-state index in [1.807, 2.05) is 6.07 Å². The summed E-state index contributed by atoms with van der Waals surface area (Å²) in [6.07, 6.45) is 4.81. The molecule has 0 spiro atoms. The van der Waals surface area contributed by atoms with E-state index in [2.05, 4.69) is 44.8 Å². The van der Waals surface area contributed by atoms with E-state index < -0.39 is 0 Å². The van der Waals surface area contributed by atoms with E-state index in [-0.39, 0.29) is 5.91 Å². The van der Waals surface area contributed by atoms with Crippen molar-refractivity contribution in [3.63, 3.8) is 0 Å². The van der Waals surface area contributed by atoms with Gasteiger partial charge in [0.1, 0.15) is 5.01 Å². The molecular weight excluding hydrogens is 356 g/mol. The number of nitrogens with one attached hydrogen (secondary N) is 1. The van der Waals surface area contributed by atoms with Crippen LogP contribution in [0.4, 0.5) is 0 Å². The molecule has 2 aliphatic rings. The summed E-state index contributed by atoms with van der Waals surface area (Å²) < 4.78 is 0. The third-order valence-electron chi connectivity index (χ3n) is 5.51. The van der Waals surface area contributed by atoms with Crippen LogP contribution >= 0.6 is 11.3 Å². The Kier molecular flexibility index (Phi) is 6.17. The first kappa shape index (κ1) is 18.6. The fraction of sp³-hybridized carbons (Fsp3) is 0.524. The molecule has 2 fully saturated rings. The number of aromatic nitrogens is 1. The molecule has 1 saturated carbocycles.